The molecule has 3 heterocycles. The third kappa shape index (κ3) is 2.90. The van der Waals surface area contributed by atoms with Crippen molar-refractivity contribution in [1.29, 1.82) is 0 Å². The molecule has 0 unspecified atom stereocenters. The van der Waals surface area contributed by atoms with Gasteiger partial charge in [0.15, 0.2) is 0 Å². The predicted molar refractivity (Wildman–Crippen MR) is 85.9 cm³/mol. The number of aromatic nitrogens is 2. The van der Waals surface area contributed by atoms with Crippen molar-refractivity contribution in [3.8, 4) is 0 Å². The summed E-state index contributed by atoms with van der Waals surface area (Å²) in [5.74, 6) is 1.71. The van der Waals surface area contributed by atoms with E-state index in [9.17, 15) is 0 Å². The third-order valence-electron chi connectivity index (χ3n) is 3.57. The molecule has 4 nitrogen and oxygen atoms in total. The van der Waals surface area contributed by atoms with Crippen LogP contribution in [0, 0.1) is 5.92 Å². The van der Waals surface area contributed by atoms with Gasteiger partial charge in [-0.3, -0.25) is 4.90 Å². The Morgan fingerprint density at radius 2 is 2.00 bits per heavy atom. The molecule has 0 aromatic carbocycles. The van der Waals surface area contributed by atoms with E-state index >= 15 is 0 Å². The number of fused-ring (bicyclic) bond motifs is 1. The van der Waals surface area contributed by atoms with Gasteiger partial charge in [0.1, 0.15) is 10.6 Å². The maximum Gasteiger partial charge on any atom is 0.225 e. The van der Waals surface area contributed by atoms with E-state index in [1.165, 1.54) is 6.54 Å². The zero-order valence-corrected chi connectivity index (χ0v) is 13.4. The number of rotatable bonds is 3. The van der Waals surface area contributed by atoms with Gasteiger partial charge >= 0.3 is 0 Å². The molecule has 0 aliphatic carbocycles. The first-order chi connectivity index (χ1) is 9.63. The second-order valence-electron chi connectivity index (χ2n) is 5.64. The molecule has 20 heavy (non-hydrogen) atoms. The molecule has 1 saturated heterocycles. The third-order valence-corrected chi connectivity index (χ3v) is 4.55. The first-order valence-corrected chi connectivity index (χ1v) is 8.27. The lowest BCUT2D eigenvalue weighted by Gasteiger charge is -2.36. The van der Waals surface area contributed by atoms with Crippen LogP contribution in [0.2, 0.25) is 5.28 Å². The lowest BCUT2D eigenvalue weighted by atomic mass is 10.2. The van der Waals surface area contributed by atoms with Gasteiger partial charge in [0.25, 0.3) is 0 Å². The van der Waals surface area contributed by atoms with Gasteiger partial charge in [-0.05, 0) is 29.0 Å². The van der Waals surface area contributed by atoms with Crippen molar-refractivity contribution in [2.24, 2.45) is 5.92 Å². The second-order valence-corrected chi connectivity index (χ2v) is 6.87. The Bertz CT molecular complexity index is 590. The quantitative estimate of drug-likeness (QED) is 0.815. The van der Waals surface area contributed by atoms with Crippen molar-refractivity contribution in [3.63, 3.8) is 0 Å². The van der Waals surface area contributed by atoms with Gasteiger partial charge in [0.05, 0.1) is 5.39 Å². The molecular formula is C14H19ClN4S. The first kappa shape index (κ1) is 14.0. The number of hydrogen-bond donors (Lipinski definition) is 0. The summed E-state index contributed by atoms with van der Waals surface area (Å²) in [5, 5.41) is 3.52. The topological polar surface area (TPSA) is 32.3 Å². The van der Waals surface area contributed by atoms with E-state index in [1.54, 1.807) is 11.3 Å². The molecule has 1 aliphatic rings. The highest BCUT2D eigenvalue weighted by Crippen LogP contribution is 2.29. The van der Waals surface area contributed by atoms with Crippen LogP contribution in [0.25, 0.3) is 10.2 Å². The summed E-state index contributed by atoms with van der Waals surface area (Å²) in [7, 11) is 0. The molecule has 0 spiro atoms. The summed E-state index contributed by atoms with van der Waals surface area (Å²) < 4.78 is 0. The monoisotopic (exact) mass is 310 g/mol. The summed E-state index contributed by atoms with van der Waals surface area (Å²) >= 11 is 7.66. The molecule has 0 radical (unpaired) electrons. The smallest absolute Gasteiger partial charge is 0.225 e. The minimum Gasteiger partial charge on any atom is -0.353 e. The molecule has 0 atom stereocenters. The van der Waals surface area contributed by atoms with Gasteiger partial charge in [-0.15, -0.1) is 11.3 Å². The number of piperazine rings is 1. The van der Waals surface area contributed by atoms with E-state index in [1.807, 2.05) is 5.38 Å². The van der Waals surface area contributed by atoms with Crippen molar-refractivity contribution >= 4 is 39.0 Å². The molecule has 0 N–H and O–H groups in total. The molecule has 0 amide bonds. The maximum atomic E-state index is 6.04. The van der Waals surface area contributed by atoms with Gasteiger partial charge in [-0.1, -0.05) is 13.8 Å². The molecule has 6 heteroatoms. The van der Waals surface area contributed by atoms with Crippen molar-refractivity contribution in [1.82, 2.24) is 14.9 Å². The van der Waals surface area contributed by atoms with E-state index in [0.717, 1.165) is 48.1 Å². The minimum absolute atomic E-state index is 0.347. The van der Waals surface area contributed by atoms with Crippen LogP contribution in [0.1, 0.15) is 13.8 Å². The highest BCUT2D eigenvalue weighted by atomic mass is 35.5. The van der Waals surface area contributed by atoms with Gasteiger partial charge in [-0.25, -0.2) is 4.98 Å². The minimum atomic E-state index is 0.347. The fourth-order valence-electron chi connectivity index (χ4n) is 2.71. The van der Waals surface area contributed by atoms with Gasteiger partial charge in [-0.2, -0.15) is 4.98 Å². The maximum absolute atomic E-state index is 6.04. The van der Waals surface area contributed by atoms with Crippen LogP contribution in [-0.2, 0) is 0 Å². The van der Waals surface area contributed by atoms with Crippen molar-refractivity contribution in [2.75, 3.05) is 37.6 Å². The zero-order chi connectivity index (χ0) is 14.1. The molecule has 1 fully saturated rings. The van der Waals surface area contributed by atoms with E-state index in [0.29, 0.717) is 5.28 Å². The molecule has 108 valence electrons. The summed E-state index contributed by atoms with van der Waals surface area (Å²) in [4.78, 5) is 14.6. The average molecular weight is 311 g/mol. The molecular weight excluding hydrogens is 292 g/mol. The second kappa shape index (κ2) is 5.84. The largest absolute Gasteiger partial charge is 0.353 e. The Labute approximate surface area is 128 Å². The van der Waals surface area contributed by atoms with E-state index < -0.39 is 0 Å². The fraction of sp³-hybridized carbons (Fsp3) is 0.571. The molecule has 0 bridgehead atoms. The summed E-state index contributed by atoms with van der Waals surface area (Å²) in [5.41, 5.74) is 0. The van der Waals surface area contributed by atoms with E-state index in [2.05, 4.69) is 39.7 Å². The molecule has 2 aromatic heterocycles. The number of hydrogen-bond acceptors (Lipinski definition) is 5. The van der Waals surface area contributed by atoms with Crippen LogP contribution in [0.4, 0.5) is 5.82 Å². The molecule has 3 rings (SSSR count). The Kier molecular flexibility index (Phi) is 4.10. The number of halogens is 1. The SMILES string of the molecule is CC(C)CN1CCN(c2nc(Cl)nc3sccc23)CC1. The zero-order valence-electron chi connectivity index (χ0n) is 11.8. The van der Waals surface area contributed by atoms with Crippen LogP contribution in [0.5, 0.6) is 0 Å². The summed E-state index contributed by atoms with van der Waals surface area (Å²) in [6.07, 6.45) is 0. The van der Waals surface area contributed by atoms with Gasteiger partial charge in [0, 0.05) is 32.7 Å². The standard InChI is InChI=1S/C14H19ClN4S/c1-10(2)9-18-4-6-19(7-5-18)12-11-3-8-20-13(11)17-14(15)16-12/h3,8,10H,4-7,9H2,1-2H3. The normalized spacial score (nSPS) is 17.3. The first-order valence-electron chi connectivity index (χ1n) is 7.01. The summed E-state index contributed by atoms with van der Waals surface area (Å²) in [6.45, 7) is 9.90. The summed E-state index contributed by atoms with van der Waals surface area (Å²) in [6, 6.07) is 2.09. The highest BCUT2D eigenvalue weighted by Gasteiger charge is 2.21. The van der Waals surface area contributed by atoms with Gasteiger partial charge < -0.3 is 4.90 Å². The lowest BCUT2D eigenvalue weighted by molar-refractivity contribution is 0.231. The van der Waals surface area contributed by atoms with Crippen LogP contribution in [0.15, 0.2) is 11.4 Å². The van der Waals surface area contributed by atoms with E-state index in [-0.39, 0.29) is 0 Å². The Balaban J connectivity index is 1.78. The van der Waals surface area contributed by atoms with Crippen LogP contribution < -0.4 is 4.90 Å². The Morgan fingerprint density at radius 1 is 1.25 bits per heavy atom. The van der Waals surface area contributed by atoms with Crippen LogP contribution in [0.3, 0.4) is 0 Å². The van der Waals surface area contributed by atoms with E-state index in [4.69, 9.17) is 11.6 Å². The predicted octanol–water partition coefficient (Wildman–Crippen LogP) is 3.12. The van der Waals surface area contributed by atoms with Gasteiger partial charge in [0.2, 0.25) is 5.28 Å². The fourth-order valence-corrected chi connectivity index (χ4v) is 3.69. The van der Waals surface area contributed by atoms with Crippen molar-refractivity contribution in [2.45, 2.75) is 13.8 Å². The molecule has 1 aliphatic heterocycles. The average Bonchev–Trinajstić information content (AvgIpc) is 2.86. The Hall–Kier alpha value is -0.910. The van der Waals surface area contributed by atoms with Crippen LogP contribution in [-0.4, -0.2) is 47.6 Å². The Morgan fingerprint density at radius 3 is 2.70 bits per heavy atom. The number of nitrogens with zero attached hydrogens (tertiary/aromatic N) is 4. The number of thiophene rings is 1. The molecule has 2 aromatic rings. The number of anilines is 1. The van der Waals surface area contributed by atoms with Crippen molar-refractivity contribution < 1.29 is 0 Å². The lowest BCUT2D eigenvalue weighted by Crippen LogP contribution is -2.47. The van der Waals surface area contributed by atoms with Crippen molar-refractivity contribution in [3.05, 3.63) is 16.7 Å². The highest BCUT2D eigenvalue weighted by molar-refractivity contribution is 7.16. The molecule has 0 saturated carbocycles. The van der Waals surface area contributed by atoms with Crippen LogP contribution >= 0.6 is 22.9 Å².